The molecule has 0 aromatic heterocycles. The summed E-state index contributed by atoms with van der Waals surface area (Å²) < 4.78 is 0. The van der Waals surface area contributed by atoms with E-state index in [2.05, 4.69) is 6.92 Å². The monoisotopic (exact) mass is 308 g/mol. The second-order valence-corrected chi connectivity index (χ2v) is 6.38. The molecule has 4 nitrogen and oxygen atoms in total. The van der Waals surface area contributed by atoms with E-state index in [9.17, 15) is 9.59 Å². The molecule has 0 aliphatic heterocycles. The van der Waals surface area contributed by atoms with E-state index in [1.807, 2.05) is 13.8 Å². The predicted molar refractivity (Wildman–Crippen MR) is 91.5 cm³/mol. The van der Waals surface area contributed by atoms with E-state index in [4.69, 9.17) is 10.2 Å². The summed E-state index contributed by atoms with van der Waals surface area (Å²) in [4.78, 5) is 22.0. The quantitative estimate of drug-likeness (QED) is 0.307. The number of unbranched alkanes of at least 4 members (excludes halogenated alkanes) is 6. The van der Waals surface area contributed by atoms with Crippen LogP contribution in [0.25, 0.3) is 0 Å². The number of rotatable bonds is 13. The standard InChI is InChI=1S/C17H32O4.Li.H/c1-4-5-6-7-8-9-10-11-14(13(2)3)12-15(16(18)19)17(20)21;;/h13-15H,4-12H2,1-3H3,(H,18,19)(H,20,21);;. The van der Waals surface area contributed by atoms with Gasteiger partial charge in [0, 0.05) is 0 Å². The zero-order valence-corrected chi connectivity index (χ0v) is 13.8. The topological polar surface area (TPSA) is 74.6 Å². The number of carbonyl (C=O) groups is 2. The predicted octanol–water partition coefficient (Wildman–Crippen LogP) is 3.93. The van der Waals surface area contributed by atoms with Crippen molar-refractivity contribution in [2.45, 2.75) is 78.6 Å². The summed E-state index contributed by atoms with van der Waals surface area (Å²) in [6.07, 6.45) is 9.76. The van der Waals surface area contributed by atoms with Gasteiger partial charge in [-0.2, -0.15) is 0 Å². The van der Waals surface area contributed by atoms with Crippen LogP contribution >= 0.6 is 0 Å². The van der Waals surface area contributed by atoms with Gasteiger partial charge in [0.25, 0.3) is 0 Å². The fourth-order valence-electron chi connectivity index (χ4n) is 2.70. The van der Waals surface area contributed by atoms with Gasteiger partial charge in [-0.05, 0) is 18.3 Å². The first-order valence-corrected chi connectivity index (χ1v) is 8.35. The molecule has 0 aromatic rings. The van der Waals surface area contributed by atoms with E-state index in [1.165, 1.54) is 32.1 Å². The summed E-state index contributed by atoms with van der Waals surface area (Å²) in [6.45, 7) is 6.30. The van der Waals surface area contributed by atoms with Crippen LogP contribution in [0, 0.1) is 17.8 Å². The van der Waals surface area contributed by atoms with Gasteiger partial charge in [0.15, 0.2) is 5.92 Å². The number of hydrogen-bond acceptors (Lipinski definition) is 2. The van der Waals surface area contributed by atoms with Crippen molar-refractivity contribution < 1.29 is 19.8 Å². The Balaban J connectivity index is 0. The number of carboxylic acid groups (broad SMARTS) is 2. The molecule has 0 aromatic carbocycles. The maximum atomic E-state index is 11.0. The van der Waals surface area contributed by atoms with E-state index in [0.29, 0.717) is 5.92 Å². The van der Waals surface area contributed by atoms with Crippen LogP contribution in [0.2, 0.25) is 0 Å². The van der Waals surface area contributed by atoms with Crippen LogP contribution in [-0.2, 0) is 9.59 Å². The zero-order chi connectivity index (χ0) is 16.3. The molecular weight excluding hydrogens is 275 g/mol. The molecule has 5 heteroatoms. The molecule has 0 saturated carbocycles. The minimum absolute atomic E-state index is 0. The average molecular weight is 308 g/mol. The Morgan fingerprint density at radius 2 is 1.32 bits per heavy atom. The van der Waals surface area contributed by atoms with Gasteiger partial charge in [0.2, 0.25) is 0 Å². The molecule has 0 aliphatic carbocycles. The first-order chi connectivity index (χ1) is 9.90. The van der Waals surface area contributed by atoms with Crippen molar-refractivity contribution in [1.82, 2.24) is 0 Å². The Kier molecular flexibility index (Phi) is 15.3. The SMILES string of the molecule is CCCCCCCCCC(CC(C(=O)O)C(=O)O)C(C)C.[LiH]. The van der Waals surface area contributed by atoms with E-state index in [-0.39, 0.29) is 31.2 Å². The molecular formula is C17H33LiO4. The Morgan fingerprint density at radius 3 is 1.73 bits per heavy atom. The summed E-state index contributed by atoms with van der Waals surface area (Å²) >= 11 is 0. The van der Waals surface area contributed by atoms with Crippen molar-refractivity contribution in [2.75, 3.05) is 0 Å². The van der Waals surface area contributed by atoms with Gasteiger partial charge >= 0.3 is 30.8 Å². The molecule has 0 heterocycles. The molecule has 0 spiro atoms. The second-order valence-electron chi connectivity index (χ2n) is 6.38. The molecule has 1 unspecified atom stereocenters. The number of aliphatic carboxylic acids is 2. The first kappa shape index (κ1) is 23.8. The van der Waals surface area contributed by atoms with E-state index in [1.54, 1.807) is 0 Å². The van der Waals surface area contributed by atoms with Gasteiger partial charge in [-0.15, -0.1) is 0 Å². The maximum absolute atomic E-state index is 11.0. The van der Waals surface area contributed by atoms with Crippen molar-refractivity contribution in [3.05, 3.63) is 0 Å². The van der Waals surface area contributed by atoms with Gasteiger partial charge in [0.1, 0.15) is 0 Å². The van der Waals surface area contributed by atoms with Crippen molar-refractivity contribution in [3.63, 3.8) is 0 Å². The van der Waals surface area contributed by atoms with Crippen molar-refractivity contribution in [3.8, 4) is 0 Å². The molecule has 0 fully saturated rings. The minimum atomic E-state index is -1.26. The second kappa shape index (κ2) is 14.2. The molecule has 0 saturated heterocycles. The third-order valence-corrected chi connectivity index (χ3v) is 4.26. The third kappa shape index (κ3) is 11.2. The van der Waals surface area contributed by atoms with Crippen molar-refractivity contribution >= 4 is 30.8 Å². The van der Waals surface area contributed by atoms with E-state index < -0.39 is 17.9 Å². The Labute approximate surface area is 147 Å². The van der Waals surface area contributed by atoms with Gasteiger partial charge in [-0.25, -0.2) is 0 Å². The molecule has 1 atom stereocenters. The van der Waals surface area contributed by atoms with Crippen LogP contribution in [0.3, 0.4) is 0 Å². The molecule has 0 bridgehead atoms. The Bertz CT molecular complexity index is 291. The molecule has 2 N–H and O–H groups in total. The summed E-state index contributed by atoms with van der Waals surface area (Å²) in [5.41, 5.74) is 0. The summed E-state index contributed by atoms with van der Waals surface area (Å²) in [7, 11) is 0. The number of hydrogen-bond donors (Lipinski definition) is 2. The van der Waals surface area contributed by atoms with Crippen LogP contribution in [0.1, 0.15) is 78.6 Å². The zero-order valence-electron chi connectivity index (χ0n) is 13.8. The van der Waals surface area contributed by atoms with E-state index >= 15 is 0 Å². The van der Waals surface area contributed by atoms with Gasteiger partial charge in [-0.3, -0.25) is 9.59 Å². The third-order valence-electron chi connectivity index (χ3n) is 4.26. The summed E-state index contributed by atoms with van der Waals surface area (Å²) in [5.74, 6) is -3.19. The van der Waals surface area contributed by atoms with Crippen LogP contribution in [-0.4, -0.2) is 41.0 Å². The van der Waals surface area contributed by atoms with Crippen LogP contribution in [0.15, 0.2) is 0 Å². The van der Waals surface area contributed by atoms with E-state index in [0.717, 1.165) is 19.3 Å². The van der Waals surface area contributed by atoms with Gasteiger partial charge in [0.05, 0.1) is 0 Å². The van der Waals surface area contributed by atoms with Crippen LogP contribution < -0.4 is 0 Å². The molecule has 0 rings (SSSR count). The summed E-state index contributed by atoms with van der Waals surface area (Å²) in [5, 5.41) is 18.0. The molecule has 22 heavy (non-hydrogen) atoms. The fraction of sp³-hybridized carbons (Fsp3) is 0.882. The van der Waals surface area contributed by atoms with Crippen molar-refractivity contribution in [2.24, 2.45) is 17.8 Å². The first-order valence-electron chi connectivity index (χ1n) is 8.35. The summed E-state index contributed by atoms with van der Waals surface area (Å²) in [6, 6.07) is 0. The Morgan fingerprint density at radius 1 is 0.864 bits per heavy atom. The number of carboxylic acids is 2. The van der Waals surface area contributed by atoms with Crippen LogP contribution in [0.5, 0.6) is 0 Å². The van der Waals surface area contributed by atoms with Crippen LogP contribution in [0.4, 0.5) is 0 Å². The fourth-order valence-corrected chi connectivity index (χ4v) is 2.70. The normalized spacial score (nSPS) is 12.2. The molecule has 0 aliphatic rings. The van der Waals surface area contributed by atoms with Crippen molar-refractivity contribution in [1.29, 1.82) is 0 Å². The average Bonchev–Trinajstić information content (AvgIpc) is 2.39. The van der Waals surface area contributed by atoms with Gasteiger partial charge in [-0.1, -0.05) is 72.1 Å². The Hall–Kier alpha value is -0.463. The molecule has 0 amide bonds. The molecule has 0 radical (unpaired) electrons. The molecule has 126 valence electrons. The van der Waals surface area contributed by atoms with Gasteiger partial charge < -0.3 is 10.2 Å².